The lowest BCUT2D eigenvalue weighted by Crippen LogP contribution is -2.21. The number of ether oxygens (including phenoxy) is 1. The van der Waals surface area contributed by atoms with Crippen molar-refractivity contribution < 1.29 is 17.9 Å². The third-order valence-corrected chi connectivity index (χ3v) is 5.87. The quantitative estimate of drug-likeness (QED) is 0.627. The van der Waals surface area contributed by atoms with Crippen LogP contribution < -0.4 is 0 Å². The maximum absolute atomic E-state index is 12.6. The van der Waals surface area contributed by atoms with E-state index in [1.54, 1.807) is 36.4 Å². The maximum atomic E-state index is 12.6. The SMILES string of the molecule is COC(=O)[C@H]1C=C[C@@H](CS(=O)(=O)c2ccc(C)cc2)C1=C(C)C. The number of carbonyl (C=O) groups excluding carboxylic acids is 1. The monoisotopic (exact) mass is 334 g/mol. The van der Waals surface area contributed by atoms with Crippen molar-refractivity contribution in [3.8, 4) is 0 Å². The van der Waals surface area contributed by atoms with Gasteiger partial charge in [-0.2, -0.15) is 0 Å². The predicted octanol–water partition coefficient (Wildman–Crippen LogP) is 3.08. The van der Waals surface area contributed by atoms with Crippen LogP contribution in [0.5, 0.6) is 0 Å². The summed E-state index contributed by atoms with van der Waals surface area (Å²) in [6.45, 7) is 5.70. The molecular weight excluding hydrogens is 312 g/mol. The molecule has 2 rings (SSSR count). The van der Waals surface area contributed by atoms with Gasteiger partial charge in [0.25, 0.3) is 0 Å². The molecule has 0 radical (unpaired) electrons. The highest BCUT2D eigenvalue weighted by molar-refractivity contribution is 7.91. The lowest BCUT2D eigenvalue weighted by Gasteiger charge is -2.18. The first-order valence-corrected chi connectivity index (χ1v) is 9.14. The second-order valence-corrected chi connectivity index (χ2v) is 8.08. The Hall–Kier alpha value is -1.88. The number of hydrogen-bond donors (Lipinski definition) is 0. The van der Waals surface area contributed by atoms with Crippen molar-refractivity contribution >= 4 is 15.8 Å². The van der Waals surface area contributed by atoms with Gasteiger partial charge in [-0.05, 0) is 38.5 Å². The normalized spacial score (nSPS) is 20.6. The molecule has 1 aromatic rings. The molecule has 0 unspecified atom stereocenters. The Labute approximate surface area is 137 Å². The average molecular weight is 334 g/mol. The smallest absolute Gasteiger partial charge is 0.316 e. The molecule has 0 amide bonds. The van der Waals surface area contributed by atoms with Crippen LogP contribution in [0.1, 0.15) is 19.4 Å². The van der Waals surface area contributed by atoms with Gasteiger partial charge in [-0.15, -0.1) is 0 Å². The molecule has 124 valence electrons. The number of aryl methyl sites for hydroxylation is 1. The highest BCUT2D eigenvalue weighted by Crippen LogP contribution is 2.35. The lowest BCUT2D eigenvalue weighted by molar-refractivity contribution is -0.142. The highest BCUT2D eigenvalue weighted by Gasteiger charge is 2.34. The molecule has 5 heteroatoms. The summed E-state index contributed by atoms with van der Waals surface area (Å²) in [7, 11) is -2.08. The van der Waals surface area contributed by atoms with Gasteiger partial charge in [-0.3, -0.25) is 4.79 Å². The first-order chi connectivity index (χ1) is 10.8. The molecule has 0 saturated carbocycles. The molecule has 0 fully saturated rings. The number of hydrogen-bond acceptors (Lipinski definition) is 4. The Morgan fingerprint density at radius 1 is 1.13 bits per heavy atom. The summed E-state index contributed by atoms with van der Waals surface area (Å²) in [4.78, 5) is 12.2. The van der Waals surface area contributed by atoms with Crippen molar-refractivity contribution in [1.29, 1.82) is 0 Å². The number of esters is 1. The number of carbonyl (C=O) groups is 1. The fraction of sp³-hybridized carbons (Fsp3) is 0.389. The van der Waals surface area contributed by atoms with Gasteiger partial charge in [-0.25, -0.2) is 8.42 Å². The van der Waals surface area contributed by atoms with Crippen molar-refractivity contribution in [2.45, 2.75) is 25.7 Å². The topological polar surface area (TPSA) is 60.4 Å². The van der Waals surface area contributed by atoms with E-state index in [9.17, 15) is 13.2 Å². The van der Waals surface area contributed by atoms with Gasteiger partial charge in [0.15, 0.2) is 9.84 Å². The fourth-order valence-corrected chi connectivity index (χ4v) is 4.43. The van der Waals surface area contributed by atoms with Crippen LogP contribution in [0.2, 0.25) is 0 Å². The van der Waals surface area contributed by atoms with E-state index in [1.165, 1.54) is 7.11 Å². The largest absolute Gasteiger partial charge is 0.468 e. The molecular formula is C18H22O4S. The summed E-state index contributed by atoms with van der Waals surface area (Å²) in [5.41, 5.74) is 2.79. The molecule has 0 aliphatic heterocycles. The van der Waals surface area contributed by atoms with Crippen LogP contribution in [-0.2, 0) is 19.4 Å². The van der Waals surface area contributed by atoms with Gasteiger partial charge in [-0.1, -0.05) is 35.4 Å². The zero-order chi connectivity index (χ0) is 17.2. The molecule has 0 bridgehead atoms. The molecule has 1 aliphatic carbocycles. The van der Waals surface area contributed by atoms with Crippen LogP contribution in [0, 0.1) is 18.8 Å². The number of methoxy groups -OCH3 is 1. The minimum Gasteiger partial charge on any atom is -0.468 e. The molecule has 23 heavy (non-hydrogen) atoms. The van der Waals surface area contributed by atoms with Crippen molar-refractivity contribution in [2.24, 2.45) is 11.8 Å². The van der Waals surface area contributed by atoms with E-state index in [0.717, 1.165) is 16.7 Å². The number of rotatable bonds is 4. The lowest BCUT2D eigenvalue weighted by atomic mass is 9.92. The summed E-state index contributed by atoms with van der Waals surface area (Å²) >= 11 is 0. The molecule has 1 aromatic carbocycles. The summed E-state index contributed by atoms with van der Waals surface area (Å²) in [5, 5.41) is 0. The average Bonchev–Trinajstić information content (AvgIpc) is 2.90. The molecule has 4 nitrogen and oxygen atoms in total. The number of benzene rings is 1. The van der Waals surface area contributed by atoms with Gasteiger partial charge >= 0.3 is 5.97 Å². The fourth-order valence-electron chi connectivity index (χ4n) is 2.92. The second kappa shape index (κ2) is 6.71. The first kappa shape index (κ1) is 17.5. The van der Waals surface area contributed by atoms with E-state index >= 15 is 0 Å². The van der Waals surface area contributed by atoms with Gasteiger partial charge < -0.3 is 4.74 Å². The van der Waals surface area contributed by atoms with E-state index in [4.69, 9.17) is 4.74 Å². The van der Waals surface area contributed by atoms with Gasteiger partial charge in [0.1, 0.15) is 0 Å². The van der Waals surface area contributed by atoms with Crippen molar-refractivity contribution in [2.75, 3.05) is 12.9 Å². The third kappa shape index (κ3) is 3.72. The van der Waals surface area contributed by atoms with E-state index in [1.807, 2.05) is 20.8 Å². The Balaban J connectivity index is 2.29. The summed E-state index contributed by atoms with van der Waals surface area (Å²) in [6.07, 6.45) is 3.54. The van der Waals surface area contributed by atoms with Gasteiger partial charge in [0.05, 0.1) is 23.7 Å². The number of allylic oxidation sites excluding steroid dienone is 2. The molecule has 0 saturated heterocycles. The van der Waals surface area contributed by atoms with E-state index in [-0.39, 0.29) is 17.6 Å². The third-order valence-electron chi connectivity index (χ3n) is 4.08. The zero-order valence-electron chi connectivity index (χ0n) is 13.9. The second-order valence-electron chi connectivity index (χ2n) is 6.04. The van der Waals surface area contributed by atoms with Crippen LogP contribution in [0.25, 0.3) is 0 Å². The molecule has 2 atom stereocenters. The molecule has 0 N–H and O–H groups in total. The van der Waals surface area contributed by atoms with Gasteiger partial charge in [0, 0.05) is 5.92 Å². The standard InChI is InChI=1S/C18H22O4S/c1-12(2)17-14(7-10-16(17)18(19)22-4)11-23(20,21)15-8-5-13(3)6-9-15/h5-10,14,16H,11H2,1-4H3/t14-,16-/m0/s1. The highest BCUT2D eigenvalue weighted by atomic mass is 32.2. The first-order valence-electron chi connectivity index (χ1n) is 7.49. The zero-order valence-corrected chi connectivity index (χ0v) is 14.7. The Kier molecular flexibility index (Phi) is 5.09. The molecule has 1 aliphatic rings. The Morgan fingerprint density at radius 2 is 1.74 bits per heavy atom. The van der Waals surface area contributed by atoms with Crippen LogP contribution >= 0.6 is 0 Å². The molecule has 0 aromatic heterocycles. The Bertz CT molecular complexity index is 751. The van der Waals surface area contributed by atoms with Crippen LogP contribution in [0.3, 0.4) is 0 Å². The minimum absolute atomic E-state index is 0.0411. The van der Waals surface area contributed by atoms with Crippen LogP contribution in [0.4, 0.5) is 0 Å². The molecule has 0 heterocycles. The maximum Gasteiger partial charge on any atom is 0.316 e. The van der Waals surface area contributed by atoms with E-state index in [0.29, 0.717) is 4.90 Å². The summed E-state index contributed by atoms with van der Waals surface area (Å²) in [6, 6.07) is 6.83. The predicted molar refractivity (Wildman–Crippen MR) is 89.7 cm³/mol. The Morgan fingerprint density at radius 3 is 2.26 bits per heavy atom. The number of sulfone groups is 1. The molecule has 0 spiro atoms. The van der Waals surface area contributed by atoms with Crippen molar-refractivity contribution in [3.05, 3.63) is 53.1 Å². The van der Waals surface area contributed by atoms with E-state index in [2.05, 4.69) is 0 Å². The minimum atomic E-state index is -3.42. The van der Waals surface area contributed by atoms with Crippen molar-refractivity contribution in [1.82, 2.24) is 0 Å². The summed E-state index contributed by atoms with van der Waals surface area (Å²) in [5.74, 6) is -1.17. The summed E-state index contributed by atoms with van der Waals surface area (Å²) < 4.78 is 30.1. The van der Waals surface area contributed by atoms with Gasteiger partial charge in [0.2, 0.25) is 0 Å². The van der Waals surface area contributed by atoms with Crippen LogP contribution in [0.15, 0.2) is 52.5 Å². The van der Waals surface area contributed by atoms with Crippen LogP contribution in [-0.4, -0.2) is 27.2 Å². The van der Waals surface area contributed by atoms with Crippen molar-refractivity contribution in [3.63, 3.8) is 0 Å². The van der Waals surface area contributed by atoms with E-state index < -0.39 is 15.8 Å².